The van der Waals surface area contributed by atoms with Crippen molar-refractivity contribution >= 4 is 6.03 Å². The fraction of sp³-hybridized carbons (Fsp3) is 0.765. The largest absolute Gasteiger partial charge is 0.447 e. The summed E-state index contributed by atoms with van der Waals surface area (Å²) in [7, 11) is 0. The number of urea groups is 1. The zero-order valence-electron chi connectivity index (χ0n) is 14.3. The number of amides is 2. The van der Waals surface area contributed by atoms with E-state index in [2.05, 4.69) is 36.4 Å². The van der Waals surface area contributed by atoms with E-state index in [1.807, 2.05) is 0 Å². The van der Waals surface area contributed by atoms with Crippen molar-refractivity contribution in [2.24, 2.45) is 11.3 Å². The third-order valence-corrected chi connectivity index (χ3v) is 5.08. The summed E-state index contributed by atoms with van der Waals surface area (Å²) in [6, 6.07) is -0.158. The third kappa shape index (κ3) is 3.86. The quantitative estimate of drug-likeness (QED) is 0.893. The lowest BCUT2D eigenvalue weighted by molar-refractivity contribution is 0.0521. The molecule has 1 aliphatic heterocycles. The molecule has 1 aliphatic carbocycles. The number of rotatable bonds is 4. The first-order valence-corrected chi connectivity index (χ1v) is 8.43. The number of carbonyl (C=O) groups excluding carboxylic acids is 1. The highest BCUT2D eigenvalue weighted by atomic mass is 16.5. The van der Waals surface area contributed by atoms with Gasteiger partial charge in [-0.25, -0.2) is 9.78 Å². The predicted molar refractivity (Wildman–Crippen MR) is 86.0 cm³/mol. The van der Waals surface area contributed by atoms with Crippen LogP contribution >= 0.6 is 0 Å². The third-order valence-electron chi connectivity index (χ3n) is 5.08. The van der Waals surface area contributed by atoms with Gasteiger partial charge in [-0.2, -0.15) is 0 Å². The number of hydrogen-bond donors (Lipinski definition) is 2. The molecule has 1 unspecified atom stereocenters. The summed E-state index contributed by atoms with van der Waals surface area (Å²) in [5.74, 6) is 1.14. The standard InChI is InChI=1S/C17H27N3O3/c1-16(2,3)13-11-23-14(20-13)10-19-15(21)18-9-12-8-17(12)4-6-22-7-5-17/h11-12H,4-10H2,1-3H3,(H2,18,19,21). The summed E-state index contributed by atoms with van der Waals surface area (Å²) in [4.78, 5) is 16.3. The van der Waals surface area contributed by atoms with E-state index in [-0.39, 0.29) is 11.4 Å². The molecule has 2 amide bonds. The van der Waals surface area contributed by atoms with Gasteiger partial charge in [0.1, 0.15) is 6.26 Å². The lowest BCUT2D eigenvalue weighted by Gasteiger charge is -2.22. The zero-order chi connectivity index (χ0) is 16.5. The average Bonchev–Trinajstić information content (AvgIpc) is 2.96. The van der Waals surface area contributed by atoms with Crippen LogP contribution in [-0.2, 0) is 16.7 Å². The van der Waals surface area contributed by atoms with Gasteiger partial charge in [0.05, 0.1) is 12.2 Å². The van der Waals surface area contributed by atoms with E-state index >= 15 is 0 Å². The summed E-state index contributed by atoms with van der Waals surface area (Å²) >= 11 is 0. The van der Waals surface area contributed by atoms with Crippen LogP contribution in [0, 0.1) is 11.3 Å². The first kappa shape index (κ1) is 16.3. The molecular weight excluding hydrogens is 294 g/mol. The second kappa shape index (κ2) is 6.15. The number of aromatic nitrogens is 1. The maximum Gasteiger partial charge on any atom is 0.315 e. The van der Waals surface area contributed by atoms with Gasteiger partial charge in [0, 0.05) is 25.2 Å². The molecule has 2 aliphatic rings. The summed E-state index contributed by atoms with van der Waals surface area (Å²) < 4.78 is 10.8. The first-order chi connectivity index (χ1) is 10.9. The van der Waals surface area contributed by atoms with Gasteiger partial charge in [0.25, 0.3) is 0 Å². The fourth-order valence-corrected chi connectivity index (χ4v) is 3.28. The Hall–Kier alpha value is -1.56. The summed E-state index contributed by atoms with van der Waals surface area (Å²) in [5, 5.41) is 5.77. The number of nitrogens with one attached hydrogen (secondary N) is 2. The van der Waals surface area contributed by atoms with Gasteiger partial charge < -0.3 is 19.8 Å². The van der Waals surface area contributed by atoms with Crippen LogP contribution in [0.3, 0.4) is 0 Å². The SMILES string of the molecule is CC(C)(C)c1coc(CNC(=O)NCC2CC23CCOCC3)n1. The lowest BCUT2D eigenvalue weighted by Crippen LogP contribution is -2.37. The summed E-state index contributed by atoms with van der Waals surface area (Å²) in [5.41, 5.74) is 1.29. The molecule has 1 aromatic heterocycles. The summed E-state index contributed by atoms with van der Waals surface area (Å²) in [6.07, 6.45) is 5.14. The number of ether oxygens (including phenoxy) is 1. The minimum Gasteiger partial charge on any atom is -0.447 e. The van der Waals surface area contributed by atoms with Crippen molar-refractivity contribution in [3.8, 4) is 0 Å². The van der Waals surface area contributed by atoms with Gasteiger partial charge in [-0.3, -0.25) is 0 Å². The fourth-order valence-electron chi connectivity index (χ4n) is 3.28. The Morgan fingerprint density at radius 2 is 2.09 bits per heavy atom. The molecule has 0 radical (unpaired) electrons. The molecule has 6 heteroatoms. The molecule has 23 heavy (non-hydrogen) atoms. The van der Waals surface area contributed by atoms with E-state index < -0.39 is 0 Å². The monoisotopic (exact) mass is 321 g/mol. The molecule has 1 atom stereocenters. The highest BCUT2D eigenvalue weighted by Crippen LogP contribution is 2.58. The number of hydrogen-bond acceptors (Lipinski definition) is 4. The molecule has 2 N–H and O–H groups in total. The van der Waals surface area contributed by atoms with Crippen molar-refractivity contribution in [2.45, 2.75) is 52.0 Å². The molecular formula is C17H27N3O3. The second-order valence-corrected chi connectivity index (χ2v) is 7.82. The van der Waals surface area contributed by atoms with Crippen molar-refractivity contribution in [1.82, 2.24) is 15.6 Å². The van der Waals surface area contributed by atoms with Gasteiger partial charge in [-0.15, -0.1) is 0 Å². The predicted octanol–water partition coefficient (Wildman–Crippen LogP) is 2.59. The van der Waals surface area contributed by atoms with Crippen molar-refractivity contribution in [3.05, 3.63) is 17.8 Å². The lowest BCUT2D eigenvalue weighted by atomic mass is 9.93. The Morgan fingerprint density at radius 1 is 1.35 bits per heavy atom. The van der Waals surface area contributed by atoms with E-state index in [1.54, 1.807) is 6.26 Å². The molecule has 0 bridgehead atoms. The van der Waals surface area contributed by atoms with Crippen LogP contribution in [0.4, 0.5) is 4.79 Å². The molecule has 1 aromatic rings. The van der Waals surface area contributed by atoms with Gasteiger partial charge in [-0.1, -0.05) is 20.8 Å². The Morgan fingerprint density at radius 3 is 2.74 bits per heavy atom. The van der Waals surface area contributed by atoms with Crippen LogP contribution in [0.25, 0.3) is 0 Å². The van der Waals surface area contributed by atoms with Crippen LogP contribution in [0.2, 0.25) is 0 Å². The smallest absolute Gasteiger partial charge is 0.315 e. The number of nitrogens with zero attached hydrogens (tertiary/aromatic N) is 1. The molecule has 1 saturated carbocycles. The topological polar surface area (TPSA) is 76.4 Å². The van der Waals surface area contributed by atoms with Crippen molar-refractivity contribution < 1.29 is 13.9 Å². The Labute approximate surface area is 137 Å². The van der Waals surface area contributed by atoms with Gasteiger partial charge >= 0.3 is 6.03 Å². The number of oxazole rings is 1. The Bertz CT molecular complexity index is 556. The van der Waals surface area contributed by atoms with Crippen LogP contribution in [-0.4, -0.2) is 30.8 Å². The highest BCUT2D eigenvalue weighted by molar-refractivity contribution is 5.73. The molecule has 2 fully saturated rings. The maximum absolute atomic E-state index is 11.9. The molecule has 2 heterocycles. The Balaban J connectivity index is 1.38. The second-order valence-electron chi connectivity index (χ2n) is 7.82. The number of carbonyl (C=O) groups is 1. The van der Waals surface area contributed by atoms with E-state index in [4.69, 9.17) is 9.15 Å². The van der Waals surface area contributed by atoms with Crippen LogP contribution in [0.15, 0.2) is 10.7 Å². The molecule has 0 aromatic carbocycles. The van der Waals surface area contributed by atoms with Crippen molar-refractivity contribution in [3.63, 3.8) is 0 Å². The normalized spacial score (nSPS) is 22.8. The van der Waals surface area contributed by atoms with E-state index in [0.29, 0.717) is 23.8 Å². The first-order valence-electron chi connectivity index (χ1n) is 8.43. The van der Waals surface area contributed by atoms with Crippen molar-refractivity contribution in [1.29, 1.82) is 0 Å². The van der Waals surface area contributed by atoms with E-state index in [0.717, 1.165) is 38.3 Å². The summed E-state index contributed by atoms with van der Waals surface area (Å²) in [6.45, 7) is 9.02. The minimum absolute atomic E-state index is 0.0476. The van der Waals surface area contributed by atoms with Gasteiger partial charge in [0.15, 0.2) is 0 Å². The molecule has 3 rings (SSSR count). The van der Waals surface area contributed by atoms with E-state index in [1.165, 1.54) is 6.42 Å². The van der Waals surface area contributed by atoms with Crippen molar-refractivity contribution in [2.75, 3.05) is 19.8 Å². The van der Waals surface area contributed by atoms with E-state index in [9.17, 15) is 4.79 Å². The molecule has 1 spiro atoms. The maximum atomic E-state index is 11.9. The average molecular weight is 321 g/mol. The van der Waals surface area contributed by atoms with Crippen LogP contribution in [0.5, 0.6) is 0 Å². The van der Waals surface area contributed by atoms with Gasteiger partial charge in [-0.05, 0) is 30.6 Å². The van der Waals surface area contributed by atoms with Crippen LogP contribution in [0.1, 0.15) is 51.6 Å². The van der Waals surface area contributed by atoms with Gasteiger partial charge in [0.2, 0.25) is 5.89 Å². The zero-order valence-corrected chi connectivity index (χ0v) is 14.3. The molecule has 128 valence electrons. The Kier molecular flexibility index (Phi) is 4.36. The molecule has 6 nitrogen and oxygen atoms in total. The highest BCUT2D eigenvalue weighted by Gasteiger charge is 2.53. The minimum atomic E-state index is -0.158. The molecule has 1 saturated heterocycles. The van der Waals surface area contributed by atoms with Crippen LogP contribution < -0.4 is 10.6 Å².